The molecule has 4 aromatic rings. The predicted molar refractivity (Wildman–Crippen MR) is 130 cm³/mol. The van der Waals surface area contributed by atoms with Crippen LogP contribution in [0.5, 0.6) is 0 Å². The summed E-state index contributed by atoms with van der Waals surface area (Å²) >= 11 is 0. The number of nitrogens with one attached hydrogen (secondary N) is 1. The van der Waals surface area contributed by atoms with Crippen LogP contribution in [-0.4, -0.2) is 64.7 Å². The highest BCUT2D eigenvalue weighted by Crippen LogP contribution is 2.20. The van der Waals surface area contributed by atoms with Gasteiger partial charge >= 0.3 is 0 Å². The Kier molecular flexibility index (Phi) is 6.30. The fourth-order valence-corrected chi connectivity index (χ4v) is 4.35. The summed E-state index contributed by atoms with van der Waals surface area (Å²) in [6.45, 7) is 5.77. The van der Waals surface area contributed by atoms with Gasteiger partial charge in [0.15, 0.2) is 5.65 Å². The number of hydrogen-bond donors (Lipinski definition) is 1. The zero-order chi connectivity index (χ0) is 22.5. The molecule has 0 unspecified atom stereocenters. The third-order valence-electron chi connectivity index (χ3n) is 6.15. The number of nitrogens with zero attached hydrogens (tertiary/aromatic N) is 5. The molecular weight excluding hydrogens is 412 g/mol. The van der Waals surface area contributed by atoms with E-state index in [9.17, 15) is 4.79 Å². The molecule has 2 aromatic carbocycles. The first-order chi connectivity index (χ1) is 16.3. The summed E-state index contributed by atoms with van der Waals surface area (Å²) in [4.78, 5) is 22.1. The van der Waals surface area contributed by atoms with E-state index in [2.05, 4.69) is 55.5 Å². The first kappa shape index (κ1) is 21.2. The SMILES string of the molecule is O=C(NCCCN1CCN(c2ccccc2)CC1)c1cnn2c(-c3ccccc3)ccnc12. The van der Waals surface area contributed by atoms with Gasteiger partial charge in [0.2, 0.25) is 0 Å². The quantitative estimate of drug-likeness (QED) is 0.447. The van der Waals surface area contributed by atoms with Crippen LogP contribution in [0.1, 0.15) is 16.8 Å². The Morgan fingerprint density at radius 2 is 1.64 bits per heavy atom. The molecular formula is C26H28N6O. The molecule has 0 radical (unpaired) electrons. The van der Waals surface area contributed by atoms with Crippen molar-refractivity contribution in [2.75, 3.05) is 44.2 Å². The lowest BCUT2D eigenvalue weighted by Gasteiger charge is -2.36. The number of amides is 1. The van der Waals surface area contributed by atoms with Crippen molar-refractivity contribution in [1.29, 1.82) is 0 Å². The number of hydrogen-bond acceptors (Lipinski definition) is 5. The van der Waals surface area contributed by atoms with Gasteiger partial charge < -0.3 is 10.2 Å². The van der Waals surface area contributed by atoms with Gasteiger partial charge in [-0.25, -0.2) is 9.50 Å². The van der Waals surface area contributed by atoms with Crippen LogP contribution in [0.4, 0.5) is 5.69 Å². The van der Waals surface area contributed by atoms with Gasteiger partial charge in [0, 0.05) is 50.2 Å². The summed E-state index contributed by atoms with van der Waals surface area (Å²) in [5.74, 6) is -0.128. The number of anilines is 1. The third kappa shape index (κ3) is 4.73. The molecule has 0 spiro atoms. The number of para-hydroxylation sites is 1. The highest BCUT2D eigenvalue weighted by Gasteiger charge is 2.18. The molecule has 1 fully saturated rings. The van der Waals surface area contributed by atoms with Crippen LogP contribution in [0, 0.1) is 0 Å². The molecule has 168 valence electrons. The molecule has 1 aliphatic rings. The van der Waals surface area contributed by atoms with Crippen LogP contribution in [-0.2, 0) is 0 Å². The van der Waals surface area contributed by atoms with E-state index in [1.807, 2.05) is 36.4 Å². The summed E-state index contributed by atoms with van der Waals surface area (Å²) in [6, 6.07) is 22.5. The van der Waals surface area contributed by atoms with Crippen LogP contribution in [0.25, 0.3) is 16.9 Å². The van der Waals surface area contributed by atoms with Gasteiger partial charge in [0.1, 0.15) is 5.56 Å². The molecule has 2 aromatic heterocycles. The van der Waals surface area contributed by atoms with Crippen molar-refractivity contribution in [3.63, 3.8) is 0 Å². The van der Waals surface area contributed by atoms with Crippen molar-refractivity contribution in [2.45, 2.75) is 6.42 Å². The fraction of sp³-hybridized carbons (Fsp3) is 0.269. The molecule has 0 bridgehead atoms. The highest BCUT2D eigenvalue weighted by atomic mass is 16.1. The monoisotopic (exact) mass is 440 g/mol. The number of fused-ring (bicyclic) bond motifs is 1. The van der Waals surface area contributed by atoms with Crippen LogP contribution in [0.15, 0.2) is 79.1 Å². The minimum atomic E-state index is -0.128. The normalized spacial score (nSPS) is 14.5. The predicted octanol–water partition coefficient (Wildman–Crippen LogP) is 3.34. The minimum Gasteiger partial charge on any atom is -0.369 e. The largest absolute Gasteiger partial charge is 0.369 e. The summed E-state index contributed by atoms with van der Waals surface area (Å²) in [5, 5.41) is 7.47. The van der Waals surface area contributed by atoms with E-state index in [0.29, 0.717) is 17.8 Å². The molecule has 7 heteroatoms. The van der Waals surface area contributed by atoms with E-state index >= 15 is 0 Å². The average molecular weight is 441 g/mol. The van der Waals surface area contributed by atoms with E-state index in [0.717, 1.165) is 50.4 Å². The lowest BCUT2D eigenvalue weighted by molar-refractivity contribution is 0.0953. The van der Waals surface area contributed by atoms with E-state index in [1.54, 1.807) is 16.9 Å². The van der Waals surface area contributed by atoms with Crippen LogP contribution in [0.2, 0.25) is 0 Å². The summed E-state index contributed by atoms with van der Waals surface area (Å²) in [6.07, 6.45) is 4.25. The third-order valence-corrected chi connectivity index (χ3v) is 6.15. The Morgan fingerprint density at radius 1 is 0.909 bits per heavy atom. The summed E-state index contributed by atoms with van der Waals surface area (Å²) in [5.41, 5.74) is 4.32. The van der Waals surface area contributed by atoms with E-state index in [4.69, 9.17) is 0 Å². The number of carbonyl (C=O) groups excluding carboxylic acids is 1. The van der Waals surface area contributed by atoms with E-state index in [-0.39, 0.29) is 5.91 Å². The van der Waals surface area contributed by atoms with E-state index < -0.39 is 0 Å². The van der Waals surface area contributed by atoms with Gasteiger partial charge in [0.05, 0.1) is 11.9 Å². The maximum atomic E-state index is 12.8. The molecule has 0 aliphatic carbocycles. The second-order valence-corrected chi connectivity index (χ2v) is 8.26. The number of rotatable bonds is 7. The Morgan fingerprint density at radius 3 is 2.39 bits per heavy atom. The van der Waals surface area contributed by atoms with Crippen molar-refractivity contribution < 1.29 is 4.79 Å². The first-order valence-corrected chi connectivity index (χ1v) is 11.5. The topological polar surface area (TPSA) is 65.8 Å². The smallest absolute Gasteiger partial charge is 0.256 e. The maximum absolute atomic E-state index is 12.8. The molecule has 33 heavy (non-hydrogen) atoms. The maximum Gasteiger partial charge on any atom is 0.256 e. The van der Waals surface area contributed by atoms with Crippen molar-refractivity contribution in [3.8, 4) is 11.3 Å². The number of piperazine rings is 1. The Balaban J connectivity index is 1.13. The molecule has 3 heterocycles. The molecule has 5 rings (SSSR count). The van der Waals surface area contributed by atoms with Gasteiger partial charge in [0.25, 0.3) is 5.91 Å². The first-order valence-electron chi connectivity index (χ1n) is 11.5. The lowest BCUT2D eigenvalue weighted by atomic mass is 10.1. The number of aromatic nitrogens is 3. The van der Waals surface area contributed by atoms with Gasteiger partial charge in [-0.2, -0.15) is 5.10 Å². The van der Waals surface area contributed by atoms with Crippen molar-refractivity contribution in [3.05, 3.63) is 84.7 Å². The molecule has 1 amide bonds. The second-order valence-electron chi connectivity index (χ2n) is 8.26. The van der Waals surface area contributed by atoms with Crippen LogP contribution in [0.3, 0.4) is 0 Å². The summed E-state index contributed by atoms with van der Waals surface area (Å²) in [7, 11) is 0. The molecule has 1 N–H and O–H groups in total. The molecule has 0 atom stereocenters. The van der Waals surface area contributed by atoms with Gasteiger partial charge in [-0.1, -0.05) is 48.5 Å². The number of benzene rings is 2. The van der Waals surface area contributed by atoms with E-state index in [1.165, 1.54) is 5.69 Å². The van der Waals surface area contributed by atoms with Crippen molar-refractivity contribution in [1.82, 2.24) is 24.8 Å². The van der Waals surface area contributed by atoms with Gasteiger partial charge in [-0.15, -0.1) is 0 Å². The standard InChI is InChI=1S/C26H28N6O/c33-26(23-20-29-32-24(12-14-27-25(23)32)21-8-3-1-4-9-21)28-13-7-15-30-16-18-31(19-17-30)22-10-5-2-6-11-22/h1-6,8-12,14,20H,7,13,15-19H2,(H,28,33). The zero-order valence-corrected chi connectivity index (χ0v) is 18.6. The second kappa shape index (κ2) is 9.83. The average Bonchev–Trinajstić information content (AvgIpc) is 3.32. The Labute approximate surface area is 193 Å². The Hall–Kier alpha value is -3.71. The molecule has 0 saturated carbocycles. The minimum absolute atomic E-state index is 0.128. The molecule has 1 aliphatic heterocycles. The van der Waals surface area contributed by atoms with Gasteiger partial charge in [-0.3, -0.25) is 9.69 Å². The highest BCUT2D eigenvalue weighted by molar-refractivity contribution is 5.99. The van der Waals surface area contributed by atoms with Gasteiger partial charge in [-0.05, 0) is 31.2 Å². The van der Waals surface area contributed by atoms with Crippen molar-refractivity contribution >= 4 is 17.2 Å². The van der Waals surface area contributed by atoms with Crippen molar-refractivity contribution in [2.24, 2.45) is 0 Å². The summed E-state index contributed by atoms with van der Waals surface area (Å²) < 4.78 is 1.73. The fourth-order valence-electron chi connectivity index (χ4n) is 4.35. The number of carbonyl (C=O) groups is 1. The lowest BCUT2D eigenvalue weighted by Crippen LogP contribution is -2.47. The zero-order valence-electron chi connectivity index (χ0n) is 18.6. The molecule has 1 saturated heterocycles. The Bertz CT molecular complexity index is 1200. The van der Waals surface area contributed by atoms with Crippen LogP contribution >= 0.6 is 0 Å². The van der Waals surface area contributed by atoms with Crippen LogP contribution < -0.4 is 10.2 Å². The molecule has 7 nitrogen and oxygen atoms in total.